The van der Waals surface area contributed by atoms with Crippen LogP contribution in [0.3, 0.4) is 0 Å². The van der Waals surface area contributed by atoms with Gasteiger partial charge in [-0.3, -0.25) is 14.5 Å². The fraction of sp³-hybridized carbons (Fsp3) is 0.333. The number of nitrogens with one attached hydrogen (secondary N) is 1. The van der Waals surface area contributed by atoms with E-state index in [-0.39, 0.29) is 29.8 Å². The van der Waals surface area contributed by atoms with Gasteiger partial charge < -0.3 is 5.32 Å². The standard InChI is InChI=1S/C21H22ClFN2O2/c1-14-2-4-15(5-3-14)21(27)16-8-10-25(11-9-16)13-20(26)24-19-12-17(22)6-7-18(19)23/h2-7,12,16H,8-11,13H2,1H3,(H,24,26). The summed E-state index contributed by atoms with van der Waals surface area (Å²) < 4.78 is 13.7. The molecule has 6 heteroatoms. The molecule has 1 N–H and O–H groups in total. The van der Waals surface area contributed by atoms with Crippen LogP contribution < -0.4 is 5.32 Å². The van der Waals surface area contributed by atoms with Gasteiger partial charge in [0.2, 0.25) is 5.91 Å². The zero-order valence-electron chi connectivity index (χ0n) is 15.2. The molecule has 0 aliphatic carbocycles. The molecule has 0 spiro atoms. The molecule has 1 heterocycles. The zero-order chi connectivity index (χ0) is 19.4. The van der Waals surface area contributed by atoms with Gasteiger partial charge in [-0.1, -0.05) is 41.4 Å². The molecule has 142 valence electrons. The van der Waals surface area contributed by atoms with Crippen molar-refractivity contribution in [2.24, 2.45) is 5.92 Å². The molecule has 0 bridgehead atoms. The molecule has 0 saturated carbocycles. The number of Topliss-reactive ketones (excluding diaryl/α,β-unsaturated/α-hetero) is 1. The Morgan fingerprint density at radius 3 is 2.48 bits per heavy atom. The highest BCUT2D eigenvalue weighted by Crippen LogP contribution is 2.23. The first-order chi connectivity index (χ1) is 12.9. The van der Waals surface area contributed by atoms with Crippen molar-refractivity contribution in [1.29, 1.82) is 0 Å². The van der Waals surface area contributed by atoms with Gasteiger partial charge in [0.1, 0.15) is 5.82 Å². The van der Waals surface area contributed by atoms with E-state index < -0.39 is 5.82 Å². The van der Waals surface area contributed by atoms with Gasteiger partial charge in [0, 0.05) is 16.5 Å². The lowest BCUT2D eigenvalue weighted by Gasteiger charge is -2.30. The number of carbonyl (C=O) groups excluding carboxylic acids is 2. The van der Waals surface area contributed by atoms with Crippen LogP contribution in [0.5, 0.6) is 0 Å². The van der Waals surface area contributed by atoms with Crippen LogP contribution in [0.2, 0.25) is 5.02 Å². The van der Waals surface area contributed by atoms with Crippen LogP contribution in [0.25, 0.3) is 0 Å². The Labute approximate surface area is 163 Å². The second-order valence-electron chi connectivity index (χ2n) is 6.95. The zero-order valence-corrected chi connectivity index (χ0v) is 15.9. The number of halogens is 2. The number of hydrogen-bond acceptors (Lipinski definition) is 3. The molecule has 0 radical (unpaired) electrons. The SMILES string of the molecule is Cc1ccc(C(=O)C2CCN(CC(=O)Nc3cc(Cl)ccc3F)CC2)cc1. The molecule has 4 nitrogen and oxygen atoms in total. The van der Waals surface area contributed by atoms with Crippen molar-refractivity contribution in [3.8, 4) is 0 Å². The van der Waals surface area contributed by atoms with Gasteiger partial charge in [0.05, 0.1) is 12.2 Å². The Hall–Kier alpha value is -2.24. The molecule has 0 aromatic heterocycles. The number of hydrogen-bond donors (Lipinski definition) is 1. The van der Waals surface area contributed by atoms with E-state index in [0.29, 0.717) is 31.0 Å². The van der Waals surface area contributed by atoms with Crippen LogP contribution >= 0.6 is 11.6 Å². The molecule has 1 aliphatic heterocycles. The van der Waals surface area contributed by atoms with E-state index in [0.717, 1.165) is 11.1 Å². The third-order valence-corrected chi connectivity index (χ3v) is 5.10. The van der Waals surface area contributed by atoms with E-state index in [1.807, 2.05) is 36.1 Å². The van der Waals surface area contributed by atoms with E-state index >= 15 is 0 Å². The number of nitrogens with zero attached hydrogens (tertiary/aromatic N) is 1. The van der Waals surface area contributed by atoms with Crippen molar-refractivity contribution in [3.05, 3.63) is 64.4 Å². The molecule has 0 unspecified atom stereocenters. The third kappa shape index (κ3) is 5.15. The molecule has 1 saturated heterocycles. The van der Waals surface area contributed by atoms with E-state index in [2.05, 4.69) is 5.32 Å². The van der Waals surface area contributed by atoms with E-state index in [1.54, 1.807) is 0 Å². The number of benzene rings is 2. The molecule has 0 atom stereocenters. The summed E-state index contributed by atoms with van der Waals surface area (Å²) in [5, 5.41) is 2.92. The Kier molecular flexibility index (Phi) is 6.24. The molecule has 1 fully saturated rings. The smallest absolute Gasteiger partial charge is 0.238 e. The van der Waals surface area contributed by atoms with Crippen molar-refractivity contribution in [3.63, 3.8) is 0 Å². The highest BCUT2D eigenvalue weighted by molar-refractivity contribution is 6.30. The summed E-state index contributed by atoms with van der Waals surface area (Å²) in [6.07, 6.45) is 1.43. The Morgan fingerprint density at radius 2 is 1.81 bits per heavy atom. The van der Waals surface area contributed by atoms with Gasteiger partial charge in [0.15, 0.2) is 5.78 Å². The van der Waals surface area contributed by atoms with Crippen LogP contribution in [0.15, 0.2) is 42.5 Å². The number of carbonyl (C=O) groups is 2. The predicted molar refractivity (Wildman–Crippen MR) is 105 cm³/mol. The summed E-state index contributed by atoms with van der Waals surface area (Å²) in [4.78, 5) is 26.8. The monoisotopic (exact) mass is 388 g/mol. The van der Waals surface area contributed by atoms with Gasteiger partial charge in [-0.25, -0.2) is 4.39 Å². The number of amides is 1. The molecule has 1 aliphatic rings. The molecular weight excluding hydrogens is 367 g/mol. The lowest BCUT2D eigenvalue weighted by molar-refractivity contribution is -0.117. The first kappa shape index (κ1) is 19.5. The van der Waals surface area contributed by atoms with Crippen LogP contribution in [0, 0.1) is 18.7 Å². The summed E-state index contributed by atoms with van der Waals surface area (Å²) in [6, 6.07) is 11.7. The topological polar surface area (TPSA) is 49.4 Å². The second-order valence-corrected chi connectivity index (χ2v) is 7.39. The summed E-state index contributed by atoms with van der Waals surface area (Å²) in [5.41, 5.74) is 1.95. The molecule has 3 rings (SSSR count). The largest absolute Gasteiger partial charge is 0.322 e. The molecule has 2 aromatic carbocycles. The number of rotatable bonds is 5. The number of likely N-dealkylation sites (tertiary alicyclic amines) is 1. The third-order valence-electron chi connectivity index (χ3n) is 4.86. The summed E-state index contributed by atoms with van der Waals surface area (Å²) in [6.45, 7) is 3.48. The number of anilines is 1. The van der Waals surface area contributed by atoms with E-state index in [9.17, 15) is 14.0 Å². The van der Waals surface area contributed by atoms with Crippen molar-refractivity contribution in [2.75, 3.05) is 25.0 Å². The lowest BCUT2D eigenvalue weighted by atomic mass is 9.88. The van der Waals surface area contributed by atoms with Crippen LogP contribution in [0.4, 0.5) is 10.1 Å². The minimum absolute atomic E-state index is 0.0163. The van der Waals surface area contributed by atoms with Crippen molar-refractivity contribution < 1.29 is 14.0 Å². The highest BCUT2D eigenvalue weighted by Gasteiger charge is 2.26. The first-order valence-electron chi connectivity index (χ1n) is 9.00. The molecule has 1 amide bonds. The van der Waals surface area contributed by atoms with Gasteiger partial charge >= 0.3 is 0 Å². The normalized spacial score (nSPS) is 15.5. The van der Waals surface area contributed by atoms with E-state index in [1.165, 1.54) is 18.2 Å². The van der Waals surface area contributed by atoms with Crippen molar-refractivity contribution in [1.82, 2.24) is 4.90 Å². The Morgan fingerprint density at radius 1 is 1.15 bits per heavy atom. The van der Waals surface area contributed by atoms with Crippen LogP contribution in [-0.4, -0.2) is 36.2 Å². The quantitative estimate of drug-likeness (QED) is 0.776. The molecule has 2 aromatic rings. The fourth-order valence-corrected chi connectivity index (χ4v) is 3.47. The average Bonchev–Trinajstić information content (AvgIpc) is 2.65. The van der Waals surface area contributed by atoms with Crippen molar-refractivity contribution >= 4 is 29.0 Å². The number of aryl methyl sites for hydroxylation is 1. The predicted octanol–water partition coefficient (Wildman–Crippen LogP) is 4.32. The highest BCUT2D eigenvalue weighted by atomic mass is 35.5. The Balaban J connectivity index is 1.50. The number of piperidine rings is 1. The average molecular weight is 389 g/mol. The Bertz CT molecular complexity index is 831. The first-order valence-corrected chi connectivity index (χ1v) is 9.38. The molecular formula is C21H22ClFN2O2. The van der Waals surface area contributed by atoms with Gasteiger partial charge in [-0.2, -0.15) is 0 Å². The van der Waals surface area contributed by atoms with Gasteiger partial charge in [-0.15, -0.1) is 0 Å². The van der Waals surface area contributed by atoms with Gasteiger partial charge in [0.25, 0.3) is 0 Å². The molecule has 27 heavy (non-hydrogen) atoms. The lowest BCUT2D eigenvalue weighted by Crippen LogP contribution is -2.40. The maximum atomic E-state index is 13.7. The second kappa shape index (κ2) is 8.63. The van der Waals surface area contributed by atoms with E-state index in [4.69, 9.17) is 11.6 Å². The van der Waals surface area contributed by atoms with Gasteiger partial charge in [-0.05, 0) is 51.1 Å². The fourth-order valence-electron chi connectivity index (χ4n) is 3.29. The minimum atomic E-state index is -0.518. The minimum Gasteiger partial charge on any atom is -0.322 e. The summed E-state index contributed by atoms with van der Waals surface area (Å²) >= 11 is 5.84. The van der Waals surface area contributed by atoms with Crippen LogP contribution in [0.1, 0.15) is 28.8 Å². The summed E-state index contributed by atoms with van der Waals surface area (Å²) in [5.74, 6) is -0.660. The van der Waals surface area contributed by atoms with Crippen LogP contribution in [-0.2, 0) is 4.79 Å². The maximum absolute atomic E-state index is 13.7. The van der Waals surface area contributed by atoms with Crippen molar-refractivity contribution in [2.45, 2.75) is 19.8 Å². The maximum Gasteiger partial charge on any atom is 0.238 e. The summed E-state index contributed by atoms with van der Waals surface area (Å²) in [7, 11) is 0. The number of ketones is 1.